The molecule has 0 unspecified atom stereocenters. The van der Waals surface area contributed by atoms with Gasteiger partial charge in [-0.15, -0.1) is 0 Å². The summed E-state index contributed by atoms with van der Waals surface area (Å²) in [7, 11) is -3.81. The maximum absolute atomic E-state index is 13.2. The molecule has 3 atom stereocenters. The second kappa shape index (κ2) is 9.30. The van der Waals surface area contributed by atoms with Gasteiger partial charge in [-0.25, -0.2) is 13.4 Å². The van der Waals surface area contributed by atoms with Gasteiger partial charge in [0.1, 0.15) is 10.7 Å². The molecule has 0 aliphatic carbocycles. The Kier molecular flexibility index (Phi) is 6.14. The second-order valence-corrected chi connectivity index (χ2v) is 12.4. The molecule has 0 spiro atoms. The summed E-state index contributed by atoms with van der Waals surface area (Å²) >= 11 is 0. The Morgan fingerprint density at radius 2 is 1.69 bits per heavy atom. The molecule has 2 bridgehead atoms. The van der Waals surface area contributed by atoms with E-state index in [1.807, 2.05) is 42.5 Å². The maximum Gasteiger partial charge on any atom is 0.401 e. The smallest absolute Gasteiger partial charge is 0.382 e. The van der Waals surface area contributed by atoms with Crippen molar-refractivity contribution >= 4 is 21.3 Å². The predicted octanol–water partition coefficient (Wildman–Crippen LogP) is 4.72. The summed E-state index contributed by atoms with van der Waals surface area (Å²) in [5.41, 5.74) is 10.2. The number of anilines is 1. The molecule has 2 aliphatic rings. The van der Waals surface area contributed by atoms with Crippen LogP contribution >= 0.6 is 0 Å². The van der Waals surface area contributed by atoms with Crippen LogP contribution in [-0.2, 0) is 9.84 Å². The van der Waals surface area contributed by atoms with Crippen LogP contribution in [0.5, 0.6) is 0 Å². The van der Waals surface area contributed by atoms with Crippen molar-refractivity contribution in [1.29, 1.82) is 0 Å². The van der Waals surface area contributed by atoms with Gasteiger partial charge >= 0.3 is 6.18 Å². The number of fused-ring (bicyclic) bond motifs is 3. The number of nitrogen functional groups attached to an aromatic ring is 1. The number of hydrogen-bond donors (Lipinski definition) is 1. The van der Waals surface area contributed by atoms with Gasteiger partial charge in [0.15, 0.2) is 15.5 Å². The Labute approximate surface area is 223 Å². The zero-order chi connectivity index (χ0) is 27.5. The van der Waals surface area contributed by atoms with Crippen molar-refractivity contribution in [3.05, 3.63) is 60.6 Å². The van der Waals surface area contributed by atoms with Crippen molar-refractivity contribution in [1.82, 2.24) is 24.5 Å². The van der Waals surface area contributed by atoms with Crippen LogP contribution in [0.3, 0.4) is 0 Å². The lowest BCUT2D eigenvalue weighted by atomic mass is 9.87. The number of pyridine rings is 1. The molecule has 0 radical (unpaired) electrons. The number of rotatable bonds is 5. The normalized spacial score (nSPS) is 22.0. The molecular formula is C27H27F3N6O2S. The molecule has 5 heterocycles. The van der Waals surface area contributed by atoms with Gasteiger partial charge in [0.2, 0.25) is 0 Å². The largest absolute Gasteiger partial charge is 0.401 e. The quantitative estimate of drug-likeness (QED) is 0.379. The van der Waals surface area contributed by atoms with E-state index in [9.17, 15) is 21.6 Å². The first-order valence-electron chi connectivity index (χ1n) is 12.7. The lowest BCUT2D eigenvalue weighted by Crippen LogP contribution is -2.47. The fourth-order valence-electron chi connectivity index (χ4n) is 6.17. The van der Waals surface area contributed by atoms with Crippen LogP contribution in [0.15, 0.2) is 59.8 Å². The summed E-state index contributed by atoms with van der Waals surface area (Å²) in [5, 5.41) is 4.33. The van der Waals surface area contributed by atoms with E-state index < -0.39 is 22.6 Å². The molecule has 0 amide bonds. The number of aromatic nitrogens is 4. The van der Waals surface area contributed by atoms with Gasteiger partial charge in [-0.05, 0) is 31.7 Å². The summed E-state index contributed by atoms with van der Waals surface area (Å²) < 4.78 is 66.8. The van der Waals surface area contributed by atoms with Crippen molar-refractivity contribution in [2.75, 3.05) is 18.5 Å². The molecule has 2 N–H and O–H groups in total. The Balaban J connectivity index is 1.41. The van der Waals surface area contributed by atoms with Crippen LogP contribution < -0.4 is 5.73 Å². The van der Waals surface area contributed by atoms with E-state index in [1.165, 1.54) is 9.42 Å². The molecular weight excluding hydrogens is 529 g/mol. The van der Waals surface area contributed by atoms with E-state index in [0.717, 1.165) is 23.1 Å². The Morgan fingerprint density at radius 1 is 1.00 bits per heavy atom. The summed E-state index contributed by atoms with van der Waals surface area (Å²) in [6.07, 6.45) is 2.11. The molecule has 39 heavy (non-hydrogen) atoms. The lowest BCUT2D eigenvalue weighted by molar-refractivity contribution is -0.155. The van der Waals surface area contributed by atoms with E-state index in [2.05, 4.69) is 10.1 Å². The van der Waals surface area contributed by atoms with E-state index in [1.54, 1.807) is 12.4 Å². The number of sulfone groups is 1. The summed E-state index contributed by atoms with van der Waals surface area (Å²) in [5.74, 6) is -0.395. The molecule has 2 saturated heterocycles. The molecule has 2 fully saturated rings. The van der Waals surface area contributed by atoms with Crippen molar-refractivity contribution in [3.8, 4) is 22.4 Å². The third kappa shape index (κ3) is 4.76. The van der Waals surface area contributed by atoms with Gasteiger partial charge in [0.05, 0.1) is 24.1 Å². The first kappa shape index (κ1) is 25.8. The van der Waals surface area contributed by atoms with Gasteiger partial charge in [-0.2, -0.15) is 22.8 Å². The van der Waals surface area contributed by atoms with Crippen LogP contribution in [0, 0.1) is 0 Å². The predicted molar refractivity (Wildman–Crippen MR) is 141 cm³/mol. The number of nitrogens with zero attached hydrogens (tertiary/aromatic N) is 5. The highest BCUT2D eigenvalue weighted by atomic mass is 32.2. The average molecular weight is 557 g/mol. The Bertz CT molecular complexity index is 1620. The third-order valence-electron chi connectivity index (χ3n) is 7.81. The van der Waals surface area contributed by atoms with Crippen molar-refractivity contribution in [3.63, 3.8) is 0 Å². The molecule has 0 saturated carbocycles. The number of benzene rings is 1. The van der Waals surface area contributed by atoms with Gasteiger partial charge in [-0.3, -0.25) is 9.88 Å². The zero-order valence-corrected chi connectivity index (χ0v) is 22.0. The topological polar surface area (TPSA) is 106 Å². The molecule has 12 heteroatoms. The standard InChI is InChI=1S/C27H27F3N6O2S/c1-39(37,38)24-23(18-11-19-8-9-20(12-18)35(19)15-27(28,29)30)34-26-21(14-33-36(26)25(24)31)17-7-10-22(32-13-17)16-5-3-2-4-6-16/h2-7,10,13-14,18-20H,8-9,11-12,15,31H2,1H3/t18-,19-,20+. The van der Waals surface area contributed by atoms with Gasteiger partial charge in [0, 0.05) is 47.1 Å². The minimum absolute atomic E-state index is 0.0531. The zero-order valence-electron chi connectivity index (χ0n) is 21.1. The number of hydrogen-bond acceptors (Lipinski definition) is 7. The summed E-state index contributed by atoms with van der Waals surface area (Å²) in [4.78, 5) is 10.8. The van der Waals surface area contributed by atoms with E-state index >= 15 is 0 Å². The molecule has 6 rings (SSSR count). The lowest BCUT2D eigenvalue weighted by Gasteiger charge is -2.39. The Hall–Kier alpha value is -3.51. The van der Waals surface area contributed by atoms with Crippen molar-refractivity contribution in [2.24, 2.45) is 0 Å². The van der Waals surface area contributed by atoms with Gasteiger partial charge < -0.3 is 5.73 Å². The van der Waals surface area contributed by atoms with Crippen LogP contribution in [0.25, 0.3) is 28.0 Å². The van der Waals surface area contributed by atoms with Crippen LogP contribution in [0.4, 0.5) is 19.0 Å². The highest BCUT2D eigenvalue weighted by Gasteiger charge is 2.47. The molecule has 204 valence electrons. The summed E-state index contributed by atoms with van der Waals surface area (Å²) in [6.45, 7) is -0.957. The van der Waals surface area contributed by atoms with E-state index in [4.69, 9.17) is 10.7 Å². The number of nitrogens with two attached hydrogens (primary N) is 1. The summed E-state index contributed by atoms with van der Waals surface area (Å²) in [6, 6.07) is 12.9. The Morgan fingerprint density at radius 3 is 2.28 bits per heavy atom. The first-order chi connectivity index (χ1) is 18.5. The minimum Gasteiger partial charge on any atom is -0.382 e. The fraction of sp³-hybridized carbons (Fsp3) is 0.370. The number of halogens is 3. The second-order valence-electron chi connectivity index (χ2n) is 10.4. The van der Waals surface area contributed by atoms with Crippen LogP contribution in [0.1, 0.15) is 37.3 Å². The highest BCUT2D eigenvalue weighted by molar-refractivity contribution is 7.91. The number of alkyl halides is 3. The van der Waals surface area contributed by atoms with Crippen molar-refractivity contribution < 1.29 is 21.6 Å². The average Bonchev–Trinajstić information content (AvgIpc) is 3.39. The molecule has 4 aromatic rings. The monoisotopic (exact) mass is 556 g/mol. The van der Waals surface area contributed by atoms with Crippen LogP contribution in [0.2, 0.25) is 0 Å². The highest BCUT2D eigenvalue weighted by Crippen LogP contribution is 2.46. The maximum atomic E-state index is 13.2. The van der Waals surface area contributed by atoms with E-state index in [0.29, 0.717) is 42.6 Å². The third-order valence-corrected chi connectivity index (χ3v) is 8.97. The molecule has 1 aromatic carbocycles. The number of piperidine rings is 1. The van der Waals surface area contributed by atoms with Crippen LogP contribution in [-0.4, -0.2) is 64.0 Å². The SMILES string of the molecule is CS(=O)(=O)c1c([C@@H]2C[C@H]3CC[C@@H](C2)N3CC(F)(F)F)nc2c(-c3ccc(-c4ccccc4)nc3)cnn2c1N. The van der Waals surface area contributed by atoms with E-state index in [-0.39, 0.29) is 28.7 Å². The molecule has 2 aliphatic heterocycles. The minimum atomic E-state index is -4.29. The van der Waals surface area contributed by atoms with Gasteiger partial charge in [0.25, 0.3) is 0 Å². The van der Waals surface area contributed by atoms with Gasteiger partial charge in [-0.1, -0.05) is 36.4 Å². The van der Waals surface area contributed by atoms with Crippen molar-refractivity contribution in [2.45, 2.75) is 54.8 Å². The molecule has 3 aromatic heterocycles. The fourth-order valence-corrected chi connectivity index (χ4v) is 7.23. The molecule has 8 nitrogen and oxygen atoms in total. The first-order valence-corrected chi connectivity index (χ1v) is 14.6.